The lowest BCUT2D eigenvalue weighted by atomic mass is 10.1. The number of nitrogens with one attached hydrogen (secondary N) is 3. The molecule has 1 aliphatic heterocycles. The number of hydrogen-bond acceptors (Lipinski definition) is 8. The van der Waals surface area contributed by atoms with Gasteiger partial charge in [-0.3, -0.25) is 9.59 Å². The Balaban J connectivity index is 1.82. The Bertz CT molecular complexity index is 1070. The molecule has 13 heteroatoms. The molecule has 0 spiro atoms. The molecular formula is C23H30F3N7O3. The van der Waals surface area contributed by atoms with Crippen LogP contribution in [0.1, 0.15) is 24.8 Å². The fourth-order valence-electron chi connectivity index (χ4n) is 3.72. The lowest BCUT2D eigenvalue weighted by molar-refractivity contribution is -0.137. The first-order valence-electron chi connectivity index (χ1n) is 11.5. The van der Waals surface area contributed by atoms with Crippen molar-refractivity contribution >= 4 is 35.0 Å². The van der Waals surface area contributed by atoms with E-state index < -0.39 is 30.1 Å². The minimum atomic E-state index is -4.72. The second-order valence-electron chi connectivity index (χ2n) is 8.71. The van der Waals surface area contributed by atoms with Gasteiger partial charge in [0.05, 0.1) is 11.4 Å². The number of benzene rings is 1. The molecule has 1 aliphatic rings. The summed E-state index contributed by atoms with van der Waals surface area (Å²) < 4.78 is 41.2. The fourth-order valence-corrected chi connectivity index (χ4v) is 3.72. The normalized spacial score (nSPS) is 16.1. The van der Waals surface area contributed by atoms with E-state index in [2.05, 4.69) is 25.9 Å². The lowest BCUT2D eigenvalue weighted by Gasteiger charge is -2.32. The summed E-state index contributed by atoms with van der Waals surface area (Å²) in [6, 6.07) is 6.11. The Labute approximate surface area is 206 Å². The van der Waals surface area contributed by atoms with E-state index in [9.17, 15) is 22.8 Å². The molecule has 1 fully saturated rings. The van der Waals surface area contributed by atoms with E-state index in [4.69, 9.17) is 5.11 Å². The molecule has 0 radical (unpaired) electrons. The number of hydrogen-bond donors (Lipinski definition) is 4. The first kappa shape index (κ1) is 27.1. The summed E-state index contributed by atoms with van der Waals surface area (Å²) in [6.45, 7) is 0.676. The number of piperidine rings is 1. The molecule has 36 heavy (non-hydrogen) atoms. The van der Waals surface area contributed by atoms with Crippen LogP contribution in [0.15, 0.2) is 30.5 Å². The van der Waals surface area contributed by atoms with Crippen molar-refractivity contribution in [3.05, 3.63) is 36.0 Å². The van der Waals surface area contributed by atoms with Gasteiger partial charge in [-0.15, -0.1) is 0 Å². The number of anilines is 4. The van der Waals surface area contributed by atoms with Gasteiger partial charge in [0.1, 0.15) is 18.0 Å². The molecule has 0 unspecified atom stereocenters. The molecule has 0 bridgehead atoms. The number of halogens is 3. The van der Waals surface area contributed by atoms with Crippen LogP contribution in [0.5, 0.6) is 0 Å². The van der Waals surface area contributed by atoms with Gasteiger partial charge in [0.15, 0.2) is 0 Å². The van der Waals surface area contributed by atoms with Crippen LogP contribution in [0.25, 0.3) is 0 Å². The zero-order valence-corrected chi connectivity index (χ0v) is 20.1. The van der Waals surface area contributed by atoms with Crippen molar-refractivity contribution in [2.75, 3.05) is 56.3 Å². The third-order valence-electron chi connectivity index (χ3n) is 5.58. The second kappa shape index (κ2) is 12.0. The molecule has 1 aromatic heterocycles. The van der Waals surface area contributed by atoms with Crippen LogP contribution in [0, 0.1) is 0 Å². The number of likely N-dealkylation sites (tertiary alicyclic amines) is 1. The van der Waals surface area contributed by atoms with E-state index in [1.165, 1.54) is 11.0 Å². The molecule has 1 atom stereocenters. The van der Waals surface area contributed by atoms with Crippen LogP contribution in [-0.4, -0.2) is 83.1 Å². The number of carbonyl (C=O) groups is 2. The maximum atomic E-state index is 13.7. The second-order valence-corrected chi connectivity index (χ2v) is 8.71. The number of rotatable bonds is 9. The number of aliphatic hydroxyl groups is 1. The molecule has 0 aliphatic carbocycles. The molecule has 2 heterocycles. The van der Waals surface area contributed by atoms with E-state index in [-0.39, 0.29) is 36.6 Å². The number of amides is 2. The molecule has 4 N–H and O–H groups in total. The van der Waals surface area contributed by atoms with Crippen molar-refractivity contribution in [3.63, 3.8) is 0 Å². The standard InChI is InChI=1S/C23H30F3N7O3/c1-32(2)11-9-19(35)29-17-7-3-4-8-18(17)30-21-16(23(24,25)26)12-27-22(31-21)28-15-6-5-10-33(13-15)20(36)14-34/h3-4,7-8,12,15,34H,5-6,9-11,13-14H2,1-2H3,(H,29,35)(H2,27,28,30,31)/t15-/m0/s1. The summed E-state index contributed by atoms with van der Waals surface area (Å²) >= 11 is 0. The Hall–Kier alpha value is -3.45. The van der Waals surface area contributed by atoms with Gasteiger partial charge in [-0.1, -0.05) is 12.1 Å². The lowest BCUT2D eigenvalue weighted by Crippen LogP contribution is -2.46. The van der Waals surface area contributed by atoms with Gasteiger partial charge in [0.25, 0.3) is 0 Å². The van der Waals surface area contributed by atoms with Crippen molar-refractivity contribution in [1.82, 2.24) is 19.8 Å². The minimum absolute atomic E-state index is 0.0405. The largest absolute Gasteiger partial charge is 0.421 e. The summed E-state index contributed by atoms with van der Waals surface area (Å²) in [6.07, 6.45) is -2.50. The Kier molecular flexibility index (Phi) is 9.04. The van der Waals surface area contributed by atoms with E-state index in [0.717, 1.165) is 0 Å². The van der Waals surface area contributed by atoms with Gasteiger partial charge in [-0.05, 0) is 39.1 Å². The number of para-hydroxylation sites is 2. The van der Waals surface area contributed by atoms with Crippen LogP contribution in [0.3, 0.4) is 0 Å². The van der Waals surface area contributed by atoms with Crippen molar-refractivity contribution in [2.45, 2.75) is 31.5 Å². The van der Waals surface area contributed by atoms with E-state index >= 15 is 0 Å². The van der Waals surface area contributed by atoms with E-state index in [0.29, 0.717) is 37.8 Å². The highest BCUT2D eigenvalue weighted by atomic mass is 19.4. The Morgan fingerprint density at radius 2 is 1.94 bits per heavy atom. The average molecular weight is 510 g/mol. The molecule has 2 amide bonds. The highest BCUT2D eigenvalue weighted by molar-refractivity contribution is 5.95. The molecule has 3 rings (SSSR count). The highest BCUT2D eigenvalue weighted by Gasteiger charge is 2.36. The van der Waals surface area contributed by atoms with Crippen molar-refractivity contribution < 1.29 is 27.9 Å². The molecule has 0 saturated carbocycles. The summed E-state index contributed by atoms with van der Waals surface area (Å²) in [7, 11) is 3.66. The van der Waals surface area contributed by atoms with Gasteiger partial charge >= 0.3 is 6.18 Å². The van der Waals surface area contributed by atoms with E-state index in [1.807, 2.05) is 19.0 Å². The van der Waals surface area contributed by atoms with Crippen molar-refractivity contribution in [1.29, 1.82) is 0 Å². The number of alkyl halides is 3. The summed E-state index contributed by atoms with van der Waals surface area (Å²) in [4.78, 5) is 35.3. The number of aliphatic hydroxyl groups excluding tert-OH is 1. The maximum Gasteiger partial charge on any atom is 0.421 e. The number of carbonyl (C=O) groups excluding carboxylic acids is 2. The van der Waals surface area contributed by atoms with Crippen LogP contribution in [0.2, 0.25) is 0 Å². The Morgan fingerprint density at radius 3 is 2.61 bits per heavy atom. The molecule has 196 valence electrons. The van der Waals surface area contributed by atoms with Crippen LogP contribution < -0.4 is 16.0 Å². The van der Waals surface area contributed by atoms with Crippen LogP contribution >= 0.6 is 0 Å². The molecule has 1 saturated heterocycles. The minimum Gasteiger partial charge on any atom is -0.387 e. The molecule has 1 aromatic carbocycles. The number of nitrogens with zero attached hydrogens (tertiary/aromatic N) is 4. The van der Waals surface area contributed by atoms with Gasteiger partial charge < -0.3 is 30.9 Å². The quantitative estimate of drug-likeness (QED) is 0.407. The van der Waals surface area contributed by atoms with Crippen molar-refractivity contribution in [2.24, 2.45) is 0 Å². The van der Waals surface area contributed by atoms with Gasteiger partial charge in [0.2, 0.25) is 17.8 Å². The third-order valence-corrected chi connectivity index (χ3v) is 5.58. The Morgan fingerprint density at radius 1 is 1.22 bits per heavy atom. The topological polar surface area (TPSA) is 123 Å². The van der Waals surface area contributed by atoms with Crippen molar-refractivity contribution in [3.8, 4) is 0 Å². The fraction of sp³-hybridized carbons (Fsp3) is 0.478. The third kappa shape index (κ3) is 7.52. The smallest absolute Gasteiger partial charge is 0.387 e. The predicted molar refractivity (Wildman–Crippen MR) is 129 cm³/mol. The first-order chi connectivity index (χ1) is 17.1. The van der Waals surface area contributed by atoms with Gasteiger partial charge in [-0.25, -0.2) is 4.98 Å². The highest BCUT2D eigenvalue weighted by Crippen LogP contribution is 2.36. The first-order valence-corrected chi connectivity index (χ1v) is 11.5. The van der Waals surface area contributed by atoms with Gasteiger partial charge in [-0.2, -0.15) is 18.2 Å². The average Bonchev–Trinajstić information content (AvgIpc) is 2.83. The summed E-state index contributed by atoms with van der Waals surface area (Å²) in [5.74, 6) is -1.21. The van der Waals surface area contributed by atoms with Crippen LogP contribution in [-0.2, 0) is 15.8 Å². The predicted octanol–water partition coefficient (Wildman–Crippen LogP) is 2.52. The maximum absolute atomic E-state index is 13.7. The summed E-state index contributed by atoms with van der Waals surface area (Å²) in [5, 5.41) is 17.5. The zero-order chi connectivity index (χ0) is 26.3. The number of aromatic nitrogens is 2. The molecular weight excluding hydrogens is 479 g/mol. The summed E-state index contributed by atoms with van der Waals surface area (Å²) in [5.41, 5.74) is -0.515. The van der Waals surface area contributed by atoms with Gasteiger partial charge in [0, 0.05) is 38.3 Å². The van der Waals surface area contributed by atoms with E-state index in [1.54, 1.807) is 18.2 Å². The zero-order valence-electron chi connectivity index (χ0n) is 20.1. The molecule has 2 aromatic rings. The monoisotopic (exact) mass is 509 g/mol. The molecule has 10 nitrogen and oxygen atoms in total. The SMILES string of the molecule is CN(C)CCC(=O)Nc1ccccc1Nc1nc(N[C@H]2CCCN(C(=O)CO)C2)ncc1C(F)(F)F. The van der Waals surface area contributed by atoms with Crippen LogP contribution in [0.4, 0.5) is 36.3 Å².